The van der Waals surface area contributed by atoms with Gasteiger partial charge in [0.25, 0.3) is 0 Å². The Balaban J connectivity index is 0. The molecule has 0 rings (SSSR count). The summed E-state index contributed by atoms with van der Waals surface area (Å²) in [7, 11) is -0.460. The summed E-state index contributed by atoms with van der Waals surface area (Å²) >= 11 is 3.24. The lowest BCUT2D eigenvalue weighted by molar-refractivity contribution is 1.11. The van der Waals surface area contributed by atoms with Gasteiger partial charge in [0.15, 0.2) is 0 Å². The number of rotatable bonds is 2. The van der Waals surface area contributed by atoms with Crippen LogP contribution in [0.25, 0.3) is 0 Å². The number of hydrogen-bond donors (Lipinski definition) is 1. The lowest BCUT2D eigenvalue weighted by atomic mass is 10.6. The lowest BCUT2D eigenvalue weighted by Crippen LogP contribution is -1.72. The third-order valence-electron chi connectivity index (χ3n) is 0.528. The van der Waals surface area contributed by atoms with Gasteiger partial charge in [0.1, 0.15) is 5.40 Å². The Morgan fingerprint density at radius 2 is 2.57 bits per heavy atom. The van der Waals surface area contributed by atoms with E-state index in [-0.39, 0.29) is 1.43 Å². The minimum atomic E-state index is -0.460. The third kappa shape index (κ3) is 4.17. The molecule has 0 heterocycles. The zero-order valence-electron chi connectivity index (χ0n) is 5.19. The van der Waals surface area contributed by atoms with Crippen LogP contribution in [0.5, 0.6) is 0 Å². The Hall–Kier alpha value is 0.320. The van der Waals surface area contributed by atoms with Crippen LogP contribution in [0, 0.1) is 10.7 Å². The van der Waals surface area contributed by atoms with Crippen molar-refractivity contribution in [1.29, 1.82) is 5.26 Å². The largest absolute Gasteiger partial charge is 1.00 e. The molecule has 0 aromatic carbocycles. The molecular weight excluding hydrogens is 174 g/mol. The van der Waals surface area contributed by atoms with E-state index in [4.69, 9.17) is 5.26 Å². The van der Waals surface area contributed by atoms with Crippen LogP contribution < -0.4 is 0 Å². The molecule has 3 heteroatoms. The average Bonchev–Trinajstić information content (AvgIpc) is 1.68. The van der Waals surface area contributed by atoms with E-state index in [0.717, 1.165) is 12.2 Å². The zero-order valence-corrected chi connectivity index (χ0v) is 6.67. The fraction of sp³-hybridized carbons (Fsp3) is 0.750. The highest BCUT2D eigenvalue weighted by molar-refractivity contribution is 9.54. The summed E-state index contributed by atoms with van der Waals surface area (Å²) in [6.45, 7) is 2.08. The van der Waals surface area contributed by atoms with Crippen LogP contribution in [0.2, 0.25) is 0 Å². The Labute approximate surface area is 55.7 Å². The lowest BCUT2D eigenvalue weighted by Gasteiger charge is -1.96. The van der Waals surface area contributed by atoms with E-state index in [1.54, 1.807) is 0 Å². The molecule has 0 amide bonds. The van der Waals surface area contributed by atoms with Gasteiger partial charge in [0.2, 0.25) is 0 Å². The van der Waals surface area contributed by atoms with Crippen LogP contribution in [0.4, 0.5) is 0 Å². The van der Waals surface area contributed by atoms with Crippen molar-refractivity contribution >= 4 is 24.1 Å². The molecule has 1 atom stereocenters. The van der Waals surface area contributed by atoms with Crippen molar-refractivity contribution in [2.24, 2.45) is 0 Å². The molecule has 0 aliphatic heterocycles. The molecule has 0 saturated heterocycles. The summed E-state index contributed by atoms with van der Waals surface area (Å²) in [5.74, 6) is 1.02. The van der Waals surface area contributed by atoms with E-state index in [9.17, 15) is 0 Å². The van der Waals surface area contributed by atoms with Gasteiger partial charge in [-0.1, -0.05) is 6.92 Å². The van der Waals surface area contributed by atoms with Crippen LogP contribution in [0.1, 0.15) is 14.8 Å². The maximum atomic E-state index is 8.20. The highest BCUT2D eigenvalue weighted by atomic mass is 79.9. The molecule has 1 unspecified atom stereocenters. The first kappa shape index (κ1) is 7.32. The van der Waals surface area contributed by atoms with Crippen molar-refractivity contribution in [3.05, 3.63) is 0 Å². The maximum Gasteiger partial charge on any atom is 1.00 e. The summed E-state index contributed by atoms with van der Waals surface area (Å²) in [5.41, 5.74) is 0. The van der Waals surface area contributed by atoms with E-state index in [1.807, 2.05) is 0 Å². The monoisotopic (exact) mass is 182 g/mol. The average molecular weight is 183 g/mol. The number of halogens is 1. The molecule has 0 aliphatic rings. The van der Waals surface area contributed by atoms with Gasteiger partial charge in [-0.15, -0.1) is 9.33 Å². The topological polar surface area (TPSA) is 23.8 Å². The van der Waals surface area contributed by atoms with Gasteiger partial charge < -0.3 is 0 Å². The minimum Gasteiger partial charge on any atom is -0.186 e. The predicted molar refractivity (Wildman–Crippen MR) is 39.8 cm³/mol. The second-order valence-corrected chi connectivity index (χ2v) is 5.13. The number of nitriles is 1. The van der Waals surface area contributed by atoms with Crippen molar-refractivity contribution in [1.82, 2.24) is 0 Å². The molecular formula is C4H9BrNS+. The molecule has 0 N–H and O–H groups in total. The number of thiol groups is 1. The highest BCUT2D eigenvalue weighted by Crippen LogP contribution is 2.31. The summed E-state index contributed by atoms with van der Waals surface area (Å²) in [6.07, 6.45) is 1.10. The van der Waals surface area contributed by atoms with Crippen LogP contribution in [-0.2, 0) is 0 Å². The zero-order chi connectivity index (χ0) is 5.70. The molecule has 7 heavy (non-hydrogen) atoms. The van der Waals surface area contributed by atoms with Gasteiger partial charge in [0, 0.05) is 0 Å². The maximum absolute atomic E-state index is 8.20. The van der Waals surface area contributed by atoms with Crippen molar-refractivity contribution in [2.45, 2.75) is 13.3 Å². The van der Waals surface area contributed by atoms with Crippen molar-refractivity contribution in [3.63, 3.8) is 0 Å². The molecule has 0 radical (unpaired) electrons. The van der Waals surface area contributed by atoms with E-state index >= 15 is 0 Å². The summed E-state index contributed by atoms with van der Waals surface area (Å²) in [4.78, 5) is 0. The Morgan fingerprint density at radius 3 is 2.71 bits per heavy atom. The van der Waals surface area contributed by atoms with Gasteiger partial charge in [-0.3, -0.25) is 0 Å². The Kier molecular flexibility index (Phi) is 4.68. The molecule has 0 saturated carbocycles. The van der Waals surface area contributed by atoms with Crippen LogP contribution in [0.15, 0.2) is 0 Å². The highest BCUT2D eigenvalue weighted by Gasteiger charge is 1.89. The van der Waals surface area contributed by atoms with Gasteiger partial charge in [-0.25, -0.2) is 0 Å². The molecule has 0 fully saturated rings. The summed E-state index contributed by atoms with van der Waals surface area (Å²) in [6, 6.07) is 0. The molecule has 1 nitrogen and oxygen atoms in total. The number of hydrogen-bond acceptors (Lipinski definition) is 1. The first-order chi connectivity index (χ1) is 3.31. The van der Waals surface area contributed by atoms with Gasteiger partial charge in [0.05, 0.1) is 0 Å². The van der Waals surface area contributed by atoms with Crippen LogP contribution >= 0.6 is 24.1 Å². The quantitative estimate of drug-likeness (QED) is 0.515. The van der Waals surface area contributed by atoms with Gasteiger partial charge in [-0.2, -0.15) is 5.26 Å². The molecule has 42 valence electrons. The van der Waals surface area contributed by atoms with E-state index in [1.165, 1.54) is 0 Å². The molecule has 0 aromatic heterocycles. The van der Waals surface area contributed by atoms with E-state index in [2.05, 4.69) is 27.1 Å². The number of nitrogens with zero attached hydrogens (tertiary/aromatic N) is 1. The van der Waals surface area contributed by atoms with Crippen molar-refractivity contribution in [2.75, 3.05) is 5.75 Å². The van der Waals surface area contributed by atoms with Crippen molar-refractivity contribution in [3.8, 4) is 5.40 Å². The Morgan fingerprint density at radius 1 is 2.00 bits per heavy atom. The smallest absolute Gasteiger partial charge is 0.186 e. The predicted octanol–water partition coefficient (Wildman–Crippen LogP) is 2.30. The fourth-order valence-corrected chi connectivity index (χ4v) is 1.80. The Bertz CT molecular complexity index is 82.6. The van der Waals surface area contributed by atoms with Crippen LogP contribution in [0.3, 0.4) is 0 Å². The molecule has 0 aromatic rings. The first-order valence-electron chi connectivity index (χ1n) is 2.14. The standard InChI is InChI=1S/C4H8BrNS/c1-2-3-7(5)4-6/h7H,2-3H2,1H3/p+1. The minimum absolute atomic E-state index is 0. The van der Waals surface area contributed by atoms with Gasteiger partial charge in [-0.05, 0) is 27.0 Å². The fourth-order valence-electron chi connectivity index (χ4n) is 0.246. The summed E-state index contributed by atoms with van der Waals surface area (Å²) in [5, 5.41) is 10.3. The molecule has 0 aliphatic carbocycles. The second-order valence-electron chi connectivity index (χ2n) is 1.19. The van der Waals surface area contributed by atoms with Crippen molar-refractivity contribution < 1.29 is 1.43 Å². The van der Waals surface area contributed by atoms with E-state index < -0.39 is 9.33 Å². The molecule has 0 spiro atoms. The van der Waals surface area contributed by atoms with Gasteiger partial charge >= 0.3 is 1.43 Å². The number of thiocyanates is 1. The second kappa shape index (κ2) is 4.48. The summed E-state index contributed by atoms with van der Waals surface area (Å²) < 4.78 is 0. The first-order valence-corrected chi connectivity index (χ1v) is 5.69. The molecule has 0 bridgehead atoms. The normalized spacial score (nSPS) is 15.3. The third-order valence-corrected chi connectivity index (χ3v) is 3.13. The van der Waals surface area contributed by atoms with Crippen LogP contribution in [-0.4, -0.2) is 5.75 Å². The van der Waals surface area contributed by atoms with E-state index in [0.29, 0.717) is 0 Å². The SMILES string of the molecule is CCC[SH](Br)C#N.[H+].